The van der Waals surface area contributed by atoms with Crippen molar-refractivity contribution in [3.63, 3.8) is 0 Å². The van der Waals surface area contributed by atoms with Gasteiger partial charge in [-0.2, -0.15) is 0 Å². The zero-order chi connectivity index (χ0) is 9.68. The second kappa shape index (κ2) is 5.58. The minimum Gasteiger partial charge on any atom is -0.380 e. The molecule has 0 saturated heterocycles. The van der Waals surface area contributed by atoms with Gasteiger partial charge in [-0.3, -0.25) is 11.3 Å². The van der Waals surface area contributed by atoms with E-state index in [4.69, 9.17) is 10.6 Å². The minimum atomic E-state index is 0.352. The van der Waals surface area contributed by atoms with Crippen LogP contribution in [0.15, 0.2) is 0 Å². The molecule has 0 aromatic rings. The summed E-state index contributed by atoms with van der Waals surface area (Å²) in [7, 11) is 0. The van der Waals surface area contributed by atoms with Crippen molar-refractivity contribution in [3.05, 3.63) is 0 Å². The van der Waals surface area contributed by atoms with Gasteiger partial charge in [-0.05, 0) is 31.6 Å². The first-order valence-corrected chi connectivity index (χ1v) is 5.31. The minimum absolute atomic E-state index is 0.352. The van der Waals surface area contributed by atoms with E-state index in [2.05, 4.69) is 12.3 Å². The molecule has 3 unspecified atom stereocenters. The number of hydrogen-bond donors (Lipinski definition) is 2. The lowest BCUT2D eigenvalue weighted by atomic mass is 9.98. The highest BCUT2D eigenvalue weighted by molar-refractivity contribution is 4.81. The van der Waals surface area contributed by atoms with Gasteiger partial charge in [0, 0.05) is 12.6 Å². The molecule has 3 atom stereocenters. The molecule has 0 bridgehead atoms. The molecule has 13 heavy (non-hydrogen) atoms. The Morgan fingerprint density at radius 2 is 2.31 bits per heavy atom. The van der Waals surface area contributed by atoms with Crippen LogP contribution in [0.2, 0.25) is 0 Å². The largest absolute Gasteiger partial charge is 0.380 e. The van der Waals surface area contributed by atoms with Crippen LogP contribution in [0.1, 0.15) is 33.1 Å². The number of rotatable bonds is 5. The SMILES string of the molecule is CCOCC(NN)C1CCC(C)C1. The molecule has 0 spiro atoms. The fourth-order valence-corrected chi connectivity index (χ4v) is 2.18. The summed E-state index contributed by atoms with van der Waals surface area (Å²) in [6.07, 6.45) is 3.93. The Balaban J connectivity index is 2.29. The summed E-state index contributed by atoms with van der Waals surface area (Å²) in [6.45, 7) is 5.87. The Kier molecular flexibility index (Phi) is 4.70. The van der Waals surface area contributed by atoms with E-state index in [9.17, 15) is 0 Å². The van der Waals surface area contributed by atoms with Crippen LogP contribution in [0.25, 0.3) is 0 Å². The fraction of sp³-hybridized carbons (Fsp3) is 1.00. The highest BCUT2D eigenvalue weighted by atomic mass is 16.5. The molecule has 1 aliphatic carbocycles. The molecule has 3 nitrogen and oxygen atoms in total. The normalized spacial score (nSPS) is 30.7. The molecule has 0 radical (unpaired) electrons. The summed E-state index contributed by atoms with van der Waals surface area (Å²) < 4.78 is 5.39. The third-order valence-corrected chi connectivity index (χ3v) is 3.02. The summed E-state index contributed by atoms with van der Waals surface area (Å²) >= 11 is 0. The number of nitrogens with one attached hydrogen (secondary N) is 1. The quantitative estimate of drug-likeness (QED) is 0.502. The van der Waals surface area contributed by atoms with E-state index in [-0.39, 0.29) is 0 Å². The molecule has 1 saturated carbocycles. The van der Waals surface area contributed by atoms with Crippen LogP contribution in [-0.2, 0) is 4.74 Å². The van der Waals surface area contributed by atoms with Gasteiger partial charge >= 0.3 is 0 Å². The monoisotopic (exact) mass is 186 g/mol. The maximum Gasteiger partial charge on any atom is 0.0635 e. The Bertz CT molecular complexity index is 141. The number of hydrogen-bond acceptors (Lipinski definition) is 3. The summed E-state index contributed by atoms with van der Waals surface area (Å²) in [5.74, 6) is 7.09. The van der Waals surface area contributed by atoms with Gasteiger partial charge in [-0.25, -0.2) is 0 Å². The van der Waals surface area contributed by atoms with Gasteiger partial charge < -0.3 is 4.74 Å². The van der Waals surface area contributed by atoms with Crippen molar-refractivity contribution in [3.8, 4) is 0 Å². The molecule has 0 amide bonds. The van der Waals surface area contributed by atoms with Gasteiger partial charge in [-0.15, -0.1) is 0 Å². The van der Waals surface area contributed by atoms with Gasteiger partial charge in [0.15, 0.2) is 0 Å². The Labute approximate surface area is 81.0 Å². The predicted octanol–water partition coefficient (Wildman–Crippen LogP) is 1.29. The molecule has 1 aliphatic rings. The van der Waals surface area contributed by atoms with Crippen molar-refractivity contribution in [2.45, 2.75) is 39.2 Å². The molecule has 0 aliphatic heterocycles. The van der Waals surface area contributed by atoms with E-state index in [0.717, 1.165) is 19.1 Å². The summed E-state index contributed by atoms with van der Waals surface area (Å²) in [6, 6.07) is 0.352. The van der Waals surface area contributed by atoms with Crippen LogP contribution in [0, 0.1) is 11.8 Å². The zero-order valence-corrected chi connectivity index (χ0v) is 8.75. The number of hydrazine groups is 1. The maximum absolute atomic E-state index is 5.51. The van der Waals surface area contributed by atoms with E-state index in [1.54, 1.807) is 0 Å². The smallest absolute Gasteiger partial charge is 0.0635 e. The molecule has 3 heteroatoms. The molecule has 1 rings (SSSR count). The predicted molar refractivity (Wildman–Crippen MR) is 54.1 cm³/mol. The van der Waals surface area contributed by atoms with Gasteiger partial charge in [0.2, 0.25) is 0 Å². The van der Waals surface area contributed by atoms with Gasteiger partial charge in [-0.1, -0.05) is 13.3 Å². The van der Waals surface area contributed by atoms with E-state index < -0.39 is 0 Å². The van der Waals surface area contributed by atoms with Crippen LogP contribution in [0.4, 0.5) is 0 Å². The summed E-state index contributed by atoms with van der Waals surface area (Å²) in [4.78, 5) is 0. The molecule has 0 aromatic carbocycles. The first kappa shape index (κ1) is 11.0. The van der Waals surface area contributed by atoms with E-state index in [1.165, 1.54) is 19.3 Å². The fourth-order valence-electron chi connectivity index (χ4n) is 2.18. The summed E-state index contributed by atoms with van der Waals surface area (Å²) in [5, 5.41) is 0. The average Bonchev–Trinajstić information content (AvgIpc) is 2.54. The molecule has 0 heterocycles. The lowest BCUT2D eigenvalue weighted by Crippen LogP contribution is -2.43. The van der Waals surface area contributed by atoms with Crippen molar-refractivity contribution < 1.29 is 4.74 Å². The van der Waals surface area contributed by atoms with Crippen LogP contribution in [0.5, 0.6) is 0 Å². The molecule has 1 fully saturated rings. The first-order chi connectivity index (χ1) is 6.27. The summed E-state index contributed by atoms with van der Waals surface area (Å²) in [5.41, 5.74) is 2.87. The van der Waals surface area contributed by atoms with Crippen molar-refractivity contribution >= 4 is 0 Å². The van der Waals surface area contributed by atoms with Crippen molar-refractivity contribution in [2.24, 2.45) is 17.7 Å². The number of ether oxygens (including phenoxy) is 1. The number of nitrogens with two attached hydrogens (primary N) is 1. The van der Waals surface area contributed by atoms with Crippen LogP contribution < -0.4 is 11.3 Å². The zero-order valence-electron chi connectivity index (χ0n) is 8.75. The second-order valence-electron chi connectivity index (χ2n) is 4.11. The van der Waals surface area contributed by atoms with Crippen LogP contribution in [0.3, 0.4) is 0 Å². The van der Waals surface area contributed by atoms with E-state index in [0.29, 0.717) is 12.0 Å². The maximum atomic E-state index is 5.51. The lowest BCUT2D eigenvalue weighted by Gasteiger charge is -2.22. The third kappa shape index (κ3) is 3.25. The highest BCUT2D eigenvalue weighted by Gasteiger charge is 2.27. The molecule has 78 valence electrons. The molecular weight excluding hydrogens is 164 g/mol. The van der Waals surface area contributed by atoms with Crippen LogP contribution >= 0.6 is 0 Å². The lowest BCUT2D eigenvalue weighted by molar-refractivity contribution is 0.103. The van der Waals surface area contributed by atoms with Crippen molar-refractivity contribution in [1.29, 1.82) is 0 Å². The standard InChI is InChI=1S/C10H22N2O/c1-3-13-7-10(12-11)9-5-4-8(2)6-9/h8-10,12H,3-7,11H2,1-2H3. The van der Waals surface area contributed by atoms with Gasteiger partial charge in [0.25, 0.3) is 0 Å². The average molecular weight is 186 g/mol. The van der Waals surface area contributed by atoms with Crippen molar-refractivity contribution in [1.82, 2.24) is 5.43 Å². The Morgan fingerprint density at radius 3 is 2.77 bits per heavy atom. The molecule has 3 N–H and O–H groups in total. The van der Waals surface area contributed by atoms with Gasteiger partial charge in [0.1, 0.15) is 0 Å². The van der Waals surface area contributed by atoms with E-state index in [1.807, 2.05) is 6.92 Å². The third-order valence-electron chi connectivity index (χ3n) is 3.02. The van der Waals surface area contributed by atoms with Crippen LogP contribution in [-0.4, -0.2) is 19.3 Å². The molecule has 0 aromatic heterocycles. The van der Waals surface area contributed by atoms with E-state index >= 15 is 0 Å². The Morgan fingerprint density at radius 1 is 1.54 bits per heavy atom. The van der Waals surface area contributed by atoms with Gasteiger partial charge in [0.05, 0.1) is 6.61 Å². The topological polar surface area (TPSA) is 47.3 Å². The highest BCUT2D eigenvalue weighted by Crippen LogP contribution is 2.32. The first-order valence-electron chi connectivity index (χ1n) is 5.31. The van der Waals surface area contributed by atoms with Crippen molar-refractivity contribution in [2.75, 3.05) is 13.2 Å². The second-order valence-corrected chi connectivity index (χ2v) is 4.11. The molecular formula is C10H22N2O. The Hall–Kier alpha value is -0.120.